The molecule has 0 spiro atoms. The minimum Gasteiger partial charge on any atom is -0.305 e. The SMILES string of the molecule is Cc1ccc(C(=O)Nc2n[nH]c3c2CCN(C)C3)cc1. The molecule has 0 unspecified atom stereocenters. The van der Waals surface area contributed by atoms with Crippen molar-refractivity contribution in [2.75, 3.05) is 18.9 Å². The zero-order chi connectivity index (χ0) is 14.1. The number of carbonyl (C=O) groups is 1. The van der Waals surface area contributed by atoms with Gasteiger partial charge >= 0.3 is 0 Å². The van der Waals surface area contributed by atoms with E-state index in [0.717, 1.165) is 36.3 Å². The van der Waals surface area contributed by atoms with E-state index in [4.69, 9.17) is 0 Å². The zero-order valence-corrected chi connectivity index (χ0v) is 11.7. The van der Waals surface area contributed by atoms with E-state index in [-0.39, 0.29) is 5.91 Å². The number of benzene rings is 1. The molecule has 3 rings (SSSR count). The second-order valence-electron chi connectivity index (χ2n) is 5.34. The molecule has 1 aliphatic rings. The fourth-order valence-corrected chi connectivity index (χ4v) is 2.44. The summed E-state index contributed by atoms with van der Waals surface area (Å²) in [6, 6.07) is 7.53. The van der Waals surface area contributed by atoms with Crippen molar-refractivity contribution in [1.29, 1.82) is 0 Å². The van der Waals surface area contributed by atoms with Crippen LogP contribution in [0.15, 0.2) is 24.3 Å². The molecular formula is C15H18N4O. The number of nitrogens with zero attached hydrogens (tertiary/aromatic N) is 2. The van der Waals surface area contributed by atoms with Crippen molar-refractivity contribution in [2.45, 2.75) is 19.9 Å². The molecule has 0 aliphatic carbocycles. The van der Waals surface area contributed by atoms with Crippen LogP contribution in [0.4, 0.5) is 5.82 Å². The van der Waals surface area contributed by atoms with Crippen molar-refractivity contribution >= 4 is 11.7 Å². The highest BCUT2D eigenvalue weighted by molar-refractivity contribution is 6.04. The second-order valence-corrected chi connectivity index (χ2v) is 5.34. The van der Waals surface area contributed by atoms with Gasteiger partial charge in [-0.15, -0.1) is 0 Å². The van der Waals surface area contributed by atoms with Gasteiger partial charge < -0.3 is 10.2 Å². The van der Waals surface area contributed by atoms with Crippen LogP contribution in [-0.4, -0.2) is 34.6 Å². The van der Waals surface area contributed by atoms with Crippen LogP contribution in [0.25, 0.3) is 0 Å². The van der Waals surface area contributed by atoms with E-state index in [0.29, 0.717) is 11.4 Å². The summed E-state index contributed by atoms with van der Waals surface area (Å²) >= 11 is 0. The largest absolute Gasteiger partial charge is 0.305 e. The summed E-state index contributed by atoms with van der Waals surface area (Å²) in [5.41, 5.74) is 4.02. The highest BCUT2D eigenvalue weighted by Crippen LogP contribution is 2.23. The molecular weight excluding hydrogens is 252 g/mol. The van der Waals surface area contributed by atoms with Gasteiger partial charge in [-0.05, 0) is 32.5 Å². The first-order valence-corrected chi connectivity index (χ1v) is 6.76. The van der Waals surface area contributed by atoms with E-state index in [9.17, 15) is 4.79 Å². The molecule has 0 saturated carbocycles. The topological polar surface area (TPSA) is 61.0 Å². The van der Waals surface area contributed by atoms with Gasteiger partial charge in [0.15, 0.2) is 5.82 Å². The van der Waals surface area contributed by atoms with Gasteiger partial charge in [0, 0.05) is 24.2 Å². The number of aryl methyl sites for hydroxylation is 1. The van der Waals surface area contributed by atoms with E-state index in [1.807, 2.05) is 31.2 Å². The Labute approximate surface area is 118 Å². The lowest BCUT2D eigenvalue weighted by Gasteiger charge is -2.21. The van der Waals surface area contributed by atoms with Crippen LogP contribution >= 0.6 is 0 Å². The van der Waals surface area contributed by atoms with Crippen LogP contribution in [0, 0.1) is 6.92 Å². The van der Waals surface area contributed by atoms with E-state index >= 15 is 0 Å². The zero-order valence-electron chi connectivity index (χ0n) is 11.7. The van der Waals surface area contributed by atoms with Gasteiger partial charge in [0.2, 0.25) is 0 Å². The molecule has 20 heavy (non-hydrogen) atoms. The molecule has 1 amide bonds. The number of H-pyrrole nitrogens is 1. The van der Waals surface area contributed by atoms with Crippen molar-refractivity contribution < 1.29 is 4.79 Å². The Balaban J connectivity index is 1.78. The number of aromatic nitrogens is 2. The van der Waals surface area contributed by atoms with E-state index in [1.165, 1.54) is 0 Å². The Hall–Kier alpha value is -2.14. The number of hydrogen-bond acceptors (Lipinski definition) is 3. The number of hydrogen-bond donors (Lipinski definition) is 2. The van der Waals surface area contributed by atoms with Crippen molar-refractivity contribution in [3.05, 3.63) is 46.6 Å². The number of carbonyl (C=O) groups excluding carboxylic acids is 1. The normalized spacial score (nSPS) is 14.9. The Morgan fingerprint density at radius 1 is 1.35 bits per heavy atom. The van der Waals surface area contributed by atoms with Crippen molar-refractivity contribution in [3.8, 4) is 0 Å². The van der Waals surface area contributed by atoms with Gasteiger partial charge in [-0.3, -0.25) is 9.89 Å². The Kier molecular flexibility index (Phi) is 3.28. The third-order valence-corrected chi connectivity index (χ3v) is 3.67. The molecule has 1 aromatic heterocycles. The summed E-state index contributed by atoms with van der Waals surface area (Å²) in [5, 5.41) is 10.1. The number of nitrogens with one attached hydrogen (secondary N) is 2. The Bertz CT molecular complexity index is 630. The molecule has 2 aromatic rings. The van der Waals surface area contributed by atoms with Gasteiger partial charge in [0.25, 0.3) is 5.91 Å². The maximum Gasteiger partial charge on any atom is 0.256 e. The summed E-state index contributed by atoms with van der Waals surface area (Å²) in [6.45, 7) is 3.84. The molecule has 2 N–H and O–H groups in total. The maximum absolute atomic E-state index is 12.2. The van der Waals surface area contributed by atoms with Gasteiger partial charge in [0.05, 0.1) is 5.69 Å². The predicted octanol–water partition coefficient (Wildman–Crippen LogP) is 1.96. The highest BCUT2D eigenvalue weighted by atomic mass is 16.1. The predicted molar refractivity (Wildman–Crippen MR) is 77.8 cm³/mol. The lowest BCUT2D eigenvalue weighted by molar-refractivity contribution is 0.102. The van der Waals surface area contributed by atoms with Crippen LogP contribution in [-0.2, 0) is 13.0 Å². The van der Waals surface area contributed by atoms with Crippen LogP contribution in [0.3, 0.4) is 0 Å². The molecule has 0 bridgehead atoms. The molecule has 1 aromatic carbocycles. The van der Waals surface area contributed by atoms with Crippen molar-refractivity contribution in [2.24, 2.45) is 0 Å². The van der Waals surface area contributed by atoms with Crippen LogP contribution in [0.2, 0.25) is 0 Å². The fraction of sp³-hybridized carbons (Fsp3) is 0.333. The number of likely N-dealkylation sites (N-methyl/N-ethyl adjacent to an activating group) is 1. The molecule has 0 radical (unpaired) electrons. The standard InChI is InChI=1S/C15H18N4O/c1-10-3-5-11(6-4-10)15(20)16-14-12-7-8-19(2)9-13(12)17-18-14/h3-6H,7-9H2,1-2H3,(H2,16,17,18,20). The monoisotopic (exact) mass is 270 g/mol. The number of fused-ring (bicyclic) bond motifs is 1. The number of aromatic amines is 1. The maximum atomic E-state index is 12.2. The van der Waals surface area contributed by atoms with Gasteiger partial charge in [-0.25, -0.2) is 0 Å². The average Bonchev–Trinajstić information content (AvgIpc) is 2.81. The van der Waals surface area contributed by atoms with Gasteiger partial charge in [-0.2, -0.15) is 5.10 Å². The summed E-state index contributed by atoms with van der Waals surface area (Å²) in [5.74, 6) is 0.553. The minimum atomic E-state index is -0.113. The minimum absolute atomic E-state index is 0.113. The third-order valence-electron chi connectivity index (χ3n) is 3.67. The summed E-state index contributed by atoms with van der Waals surface area (Å²) in [7, 11) is 2.08. The summed E-state index contributed by atoms with van der Waals surface area (Å²) < 4.78 is 0. The van der Waals surface area contributed by atoms with Crippen molar-refractivity contribution in [3.63, 3.8) is 0 Å². The highest BCUT2D eigenvalue weighted by Gasteiger charge is 2.21. The third kappa shape index (κ3) is 2.44. The number of amides is 1. The first-order valence-electron chi connectivity index (χ1n) is 6.76. The number of anilines is 1. The van der Waals surface area contributed by atoms with E-state index in [2.05, 4.69) is 27.5 Å². The molecule has 5 nitrogen and oxygen atoms in total. The van der Waals surface area contributed by atoms with Gasteiger partial charge in [-0.1, -0.05) is 17.7 Å². The first kappa shape index (κ1) is 12.9. The summed E-state index contributed by atoms with van der Waals surface area (Å²) in [6.07, 6.45) is 0.909. The van der Waals surface area contributed by atoms with Crippen LogP contribution in [0.5, 0.6) is 0 Å². The van der Waals surface area contributed by atoms with E-state index in [1.54, 1.807) is 0 Å². The quantitative estimate of drug-likeness (QED) is 0.877. The van der Waals surface area contributed by atoms with Crippen LogP contribution in [0.1, 0.15) is 27.2 Å². The lowest BCUT2D eigenvalue weighted by Crippen LogP contribution is -2.26. The molecule has 0 atom stereocenters. The molecule has 0 saturated heterocycles. The van der Waals surface area contributed by atoms with E-state index < -0.39 is 0 Å². The molecule has 104 valence electrons. The average molecular weight is 270 g/mol. The second kappa shape index (κ2) is 5.09. The molecule has 5 heteroatoms. The Morgan fingerprint density at radius 3 is 2.85 bits per heavy atom. The van der Waals surface area contributed by atoms with Gasteiger partial charge in [0.1, 0.15) is 0 Å². The molecule has 2 heterocycles. The fourth-order valence-electron chi connectivity index (χ4n) is 2.44. The first-order chi connectivity index (χ1) is 9.63. The molecule has 0 fully saturated rings. The summed E-state index contributed by atoms with van der Waals surface area (Å²) in [4.78, 5) is 14.4. The lowest BCUT2D eigenvalue weighted by atomic mass is 10.1. The van der Waals surface area contributed by atoms with Crippen LogP contribution < -0.4 is 5.32 Å². The van der Waals surface area contributed by atoms with Crippen molar-refractivity contribution in [1.82, 2.24) is 15.1 Å². The smallest absolute Gasteiger partial charge is 0.256 e. The Morgan fingerprint density at radius 2 is 2.10 bits per heavy atom. The molecule has 1 aliphatic heterocycles. The number of rotatable bonds is 2.